The largest absolute Gasteiger partial charge is 0.368 e. The van der Waals surface area contributed by atoms with Crippen molar-refractivity contribution in [2.24, 2.45) is 0 Å². The number of hydrogen-bond acceptors (Lipinski definition) is 5. The van der Waals surface area contributed by atoms with Gasteiger partial charge >= 0.3 is 0 Å². The topological polar surface area (TPSA) is 67.7 Å². The highest BCUT2D eigenvalue weighted by molar-refractivity contribution is 5.39. The average molecular weight is 246 g/mol. The molecule has 2 aromatic rings. The number of aromatic nitrogens is 4. The molecule has 0 unspecified atom stereocenters. The van der Waals surface area contributed by atoms with Gasteiger partial charge in [0, 0.05) is 38.2 Å². The Bertz CT molecular complexity index is 453. The van der Waals surface area contributed by atoms with Gasteiger partial charge in [0.1, 0.15) is 5.82 Å². The number of nitrogens with one attached hydrogen (secondary N) is 2. The summed E-state index contributed by atoms with van der Waals surface area (Å²) in [5.41, 5.74) is 0. The monoisotopic (exact) mass is 246 g/mol. The first-order chi connectivity index (χ1) is 8.88. The van der Waals surface area contributed by atoms with Crippen LogP contribution < -0.4 is 10.6 Å². The lowest BCUT2D eigenvalue weighted by atomic mass is 10.5. The molecule has 0 aromatic carbocycles. The van der Waals surface area contributed by atoms with Crippen molar-refractivity contribution in [3.05, 3.63) is 31.0 Å². The maximum atomic E-state index is 4.37. The van der Waals surface area contributed by atoms with E-state index in [0.29, 0.717) is 5.95 Å². The predicted octanol–water partition coefficient (Wildman–Crippen LogP) is 1.61. The lowest BCUT2D eigenvalue weighted by Gasteiger charge is -2.08. The molecule has 0 aliphatic heterocycles. The number of anilines is 2. The van der Waals surface area contributed by atoms with Crippen molar-refractivity contribution in [3.8, 4) is 0 Å². The van der Waals surface area contributed by atoms with Gasteiger partial charge in [0.25, 0.3) is 0 Å². The van der Waals surface area contributed by atoms with Crippen LogP contribution in [0.15, 0.2) is 31.0 Å². The first kappa shape index (κ1) is 12.3. The van der Waals surface area contributed by atoms with Crippen LogP contribution in [0.5, 0.6) is 0 Å². The zero-order valence-corrected chi connectivity index (χ0v) is 10.5. The van der Waals surface area contributed by atoms with Crippen LogP contribution in [0.25, 0.3) is 0 Å². The van der Waals surface area contributed by atoms with Crippen molar-refractivity contribution in [3.63, 3.8) is 0 Å². The molecule has 0 bridgehead atoms. The van der Waals surface area contributed by atoms with Crippen LogP contribution in [0.3, 0.4) is 0 Å². The second kappa shape index (κ2) is 6.58. The molecule has 0 saturated heterocycles. The second-order valence-electron chi connectivity index (χ2n) is 3.92. The molecule has 6 nitrogen and oxygen atoms in total. The van der Waals surface area contributed by atoms with Crippen LogP contribution in [0.1, 0.15) is 13.3 Å². The molecule has 18 heavy (non-hydrogen) atoms. The third-order valence-electron chi connectivity index (χ3n) is 2.42. The smallest absolute Gasteiger partial charge is 0.224 e. The molecule has 96 valence electrons. The fourth-order valence-corrected chi connectivity index (χ4v) is 1.51. The number of rotatable bonds is 7. The van der Waals surface area contributed by atoms with Crippen molar-refractivity contribution in [1.29, 1.82) is 0 Å². The van der Waals surface area contributed by atoms with E-state index >= 15 is 0 Å². The summed E-state index contributed by atoms with van der Waals surface area (Å²) >= 11 is 0. The molecule has 0 aliphatic rings. The normalized spacial score (nSPS) is 10.3. The lowest BCUT2D eigenvalue weighted by Crippen LogP contribution is -2.11. The minimum absolute atomic E-state index is 0.671. The molecule has 2 heterocycles. The maximum absolute atomic E-state index is 4.37. The Labute approximate surface area is 106 Å². The Morgan fingerprint density at radius 3 is 2.94 bits per heavy atom. The summed E-state index contributed by atoms with van der Waals surface area (Å²) in [7, 11) is 0. The van der Waals surface area contributed by atoms with Crippen LogP contribution in [0, 0.1) is 0 Å². The quantitative estimate of drug-likeness (QED) is 0.777. The fraction of sp³-hybridized carbons (Fsp3) is 0.417. The van der Waals surface area contributed by atoms with Crippen LogP contribution >= 0.6 is 0 Å². The van der Waals surface area contributed by atoms with E-state index in [2.05, 4.69) is 32.5 Å². The number of nitrogens with zero attached hydrogens (tertiary/aromatic N) is 4. The Balaban J connectivity index is 1.81. The molecule has 0 spiro atoms. The van der Waals surface area contributed by atoms with Gasteiger partial charge < -0.3 is 15.2 Å². The molecule has 2 rings (SSSR count). The Morgan fingerprint density at radius 1 is 1.22 bits per heavy atom. The molecule has 0 fully saturated rings. The van der Waals surface area contributed by atoms with Gasteiger partial charge in [-0.25, -0.2) is 9.97 Å². The van der Waals surface area contributed by atoms with E-state index in [4.69, 9.17) is 0 Å². The average Bonchev–Trinajstić information content (AvgIpc) is 2.90. The molecule has 6 heteroatoms. The zero-order chi connectivity index (χ0) is 12.6. The highest BCUT2D eigenvalue weighted by Gasteiger charge is 1.97. The molecule has 0 saturated carbocycles. The van der Waals surface area contributed by atoms with E-state index in [-0.39, 0.29) is 0 Å². The second-order valence-corrected chi connectivity index (χ2v) is 3.92. The Kier molecular flexibility index (Phi) is 4.52. The van der Waals surface area contributed by atoms with Gasteiger partial charge in [-0.15, -0.1) is 0 Å². The molecule has 0 amide bonds. The third kappa shape index (κ3) is 3.73. The zero-order valence-electron chi connectivity index (χ0n) is 10.5. The van der Waals surface area contributed by atoms with Crippen LogP contribution in [0.2, 0.25) is 0 Å². The van der Waals surface area contributed by atoms with Gasteiger partial charge in [-0.1, -0.05) is 6.92 Å². The van der Waals surface area contributed by atoms with Crippen molar-refractivity contribution in [2.45, 2.75) is 19.9 Å². The summed E-state index contributed by atoms with van der Waals surface area (Å²) in [6.45, 7) is 4.67. The van der Waals surface area contributed by atoms with E-state index in [1.54, 1.807) is 18.7 Å². The van der Waals surface area contributed by atoms with Crippen molar-refractivity contribution >= 4 is 11.8 Å². The van der Waals surface area contributed by atoms with Crippen molar-refractivity contribution < 1.29 is 0 Å². The molecule has 0 radical (unpaired) electrons. The molecule has 2 aromatic heterocycles. The van der Waals surface area contributed by atoms with Gasteiger partial charge in [-0.05, 0) is 12.5 Å². The minimum Gasteiger partial charge on any atom is -0.368 e. The fourth-order valence-electron chi connectivity index (χ4n) is 1.51. The molecule has 0 atom stereocenters. The van der Waals surface area contributed by atoms with Gasteiger partial charge in [-0.3, -0.25) is 0 Å². The van der Waals surface area contributed by atoms with Gasteiger partial charge in [-0.2, -0.15) is 4.98 Å². The number of hydrogen-bond donors (Lipinski definition) is 2. The maximum Gasteiger partial charge on any atom is 0.224 e. The Morgan fingerprint density at radius 2 is 2.17 bits per heavy atom. The SMILES string of the molecule is CCCNc1nccc(NCCn2ccnc2)n1. The molecular weight excluding hydrogens is 228 g/mol. The predicted molar refractivity (Wildman–Crippen MR) is 71.5 cm³/mol. The van der Waals surface area contributed by atoms with Crippen molar-refractivity contribution in [1.82, 2.24) is 19.5 Å². The van der Waals surface area contributed by atoms with Crippen molar-refractivity contribution in [2.75, 3.05) is 23.7 Å². The summed E-state index contributed by atoms with van der Waals surface area (Å²) in [5.74, 6) is 1.51. The standard InChI is InChI=1S/C12H18N6/c1-2-4-15-12-16-5-3-11(17-12)14-7-9-18-8-6-13-10-18/h3,5-6,8,10H,2,4,7,9H2,1H3,(H2,14,15,16,17). The lowest BCUT2D eigenvalue weighted by molar-refractivity contribution is 0.725. The van der Waals surface area contributed by atoms with Gasteiger partial charge in [0.15, 0.2) is 0 Å². The number of imidazole rings is 1. The molecular formula is C12H18N6. The van der Waals surface area contributed by atoms with Gasteiger partial charge in [0.2, 0.25) is 5.95 Å². The van der Waals surface area contributed by atoms with E-state index in [9.17, 15) is 0 Å². The summed E-state index contributed by atoms with van der Waals surface area (Å²) < 4.78 is 2.02. The van der Waals surface area contributed by atoms with E-state index < -0.39 is 0 Å². The summed E-state index contributed by atoms with van der Waals surface area (Å²) in [6.07, 6.45) is 8.33. The summed E-state index contributed by atoms with van der Waals surface area (Å²) in [5, 5.41) is 6.42. The summed E-state index contributed by atoms with van der Waals surface area (Å²) in [4.78, 5) is 12.5. The highest BCUT2D eigenvalue weighted by Crippen LogP contribution is 2.05. The first-order valence-electron chi connectivity index (χ1n) is 6.15. The van der Waals surface area contributed by atoms with Crippen LogP contribution in [-0.4, -0.2) is 32.6 Å². The Hall–Kier alpha value is -2.11. The van der Waals surface area contributed by atoms with Crippen LogP contribution in [-0.2, 0) is 6.54 Å². The minimum atomic E-state index is 0.671. The van der Waals surface area contributed by atoms with E-state index in [1.165, 1.54) is 0 Å². The molecule has 0 aliphatic carbocycles. The van der Waals surface area contributed by atoms with Crippen LogP contribution in [0.4, 0.5) is 11.8 Å². The van der Waals surface area contributed by atoms with E-state index in [1.807, 2.05) is 16.8 Å². The van der Waals surface area contributed by atoms with E-state index in [0.717, 1.165) is 31.9 Å². The third-order valence-corrected chi connectivity index (χ3v) is 2.42. The summed E-state index contributed by atoms with van der Waals surface area (Å²) in [6, 6.07) is 1.87. The van der Waals surface area contributed by atoms with Gasteiger partial charge in [0.05, 0.1) is 6.33 Å². The molecule has 2 N–H and O–H groups in total. The highest BCUT2D eigenvalue weighted by atomic mass is 15.1. The first-order valence-corrected chi connectivity index (χ1v) is 6.15.